The Bertz CT molecular complexity index is 2750. The van der Waals surface area contributed by atoms with E-state index >= 15 is 0 Å². The predicted molar refractivity (Wildman–Crippen MR) is 291 cm³/mol. The normalized spacial score (nSPS) is 15.3. The second kappa shape index (κ2) is 23.5. The van der Waals surface area contributed by atoms with E-state index in [1.54, 1.807) is 0 Å². The Balaban J connectivity index is 1.37. The summed E-state index contributed by atoms with van der Waals surface area (Å²) in [4.78, 5) is 45.1. The Morgan fingerprint density at radius 1 is 0.586 bits per heavy atom. The summed E-state index contributed by atoms with van der Waals surface area (Å²) >= 11 is 0. The molecule has 0 saturated heterocycles. The molecule has 7 rings (SSSR count). The Kier molecular flexibility index (Phi) is 17.1. The molecule has 362 valence electrons. The number of aryl methyl sites for hydroxylation is 4. The number of hydrogen-bond acceptors (Lipinski definition) is 5. The van der Waals surface area contributed by atoms with Crippen LogP contribution in [0.1, 0.15) is 120 Å². The molecule has 70 heavy (non-hydrogen) atoms. The monoisotopic (exact) mass is 936 g/mol. The molecule has 8 heteroatoms. The molecule has 0 spiro atoms. The lowest BCUT2D eigenvalue weighted by atomic mass is 9.78. The SMILES string of the molecule is CCCCC(CC)CC(=O)NC1=CC(=[N+](c2ccc(C)cc2)c2ccc(C)cc2)C=C/C1=C1\C(=O)C(c2ccc(N(c3ccc(C)cc3)c3ccc(C)cc3)cc2NC(=O)CC(CC)CCCC)=C1O. The van der Waals surface area contributed by atoms with Gasteiger partial charge in [0.1, 0.15) is 5.76 Å². The van der Waals surface area contributed by atoms with Crippen molar-refractivity contribution in [1.29, 1.82) is 0 Å². The second-order valence-corrected chi connectivity index (χ2v) is 19.2. The van der Waals surface area contributed by atoms with E-state index in [1.165, 1.54) is 0 Å². The van der Waals surface area contributed by atoms with Gasteiger partial charge >= 0.3 is 0 Å². The summed E-state index contributed by atoms with van der Waals surface area (Å²) in [6, 6.07) is 38.8. The number of anilines is 4. The summed E-state index contributed by atoms with van der Waals surface area (Å²) < 4.78 is 2.13. The van der Waals surface area contributed by atoms with Crippen LogP contribution < -0.4 is 20.1 Å². The fourth-order valence-electron chi connectivity index (χ4n) is 9.37. The zero-order chi connectivity index (χ0) is 49.9. The van der Waals surface area contributed by atoms with Gasteiger partial charge in [-0.25, -0.2) is 0 Å². The maximum atomic E-state index is 14.9. The van der Waals surface area contributed by atoms with Crippen molar-refractivity contribution < 1.29 is 19.5 Å². The summed E-state index contributed by atoms with van der Waals surface area (Å²) in [5, 5.41) is 18.7. The van der Waals surface area contributed by atoms with E-state index in [-0.39, 0.29) is 46.3 Å². The number of hydrogen-bond donors (Lipinski definition) is 3. The van der Waals surface area contributed by atoms with Crippen molar-refractivity contribution in [1.82, 2.24) is 9.89 Å². The zero-order valence-corrected chi connectivity index (χ0v) is 42.5. The largest absolute Gasteiger partial charge is 0.506 e. The van der Waals surface area contributed by atoms with E-state index in [0.717, 1.165) is 108 Å². The first-order valence-electron chi connectivity index (χ1n) is 25.4. The smallest absolute Gasteiger partial charge is 0.224 e. The van der Waals surface area contributed by atoms with Crippen LogP contribution in [0.5, 0.6) is 0 Å². The average molecular weight is 936 g/mol. The van der Waals surface area contributed by atoms with Gasteiger partial charge in [-0.15, -0.1) is 0 Å². The van der Waals surface area contributed by atoms with Crippen molar-refractivity contribution in [3.63, 3.8) is 0 Å². The van der Waals surface area contributed by atoms with E-state index in [1.807, 2.05) is 36.4 Å². The van der Waals surface area contributed by atoms with Crippen molar-refractivity contribution in [2.24, 2.45) is 11.8 Å². The maximum absolute atomic E-state index is 14.9. The minimum atomic E-state index is -0.379. The van der Waals surface area contributed by atoms with E-state index in [0.29, 0.717) is 35.4 Å². The fraction of sp³-hybridized carbons (Fsp3) is 0.323. The molecule has 0 bridgehead atoms. The predicted octanol–water partition coefficient (Wildman–Crippen LogP) is 15.2. The average Bonchev–Trinajstić information content (AvgIpc) is 3.35. The third-order valence-electron chi connectivity index (χ3n) is 13.7. The number of ketones is 1. The number of nitrogens with one attached hydrogen (secondary N) is 2. The Hall–Kier alpha value is -7.06. The molecule has 2 atom stereocenters. The molecule has 0 saturated carbocycles. The van der Waals surface area contributed by atoms with Crippen molar-refractivity contribution in [2.75, 3.05) is 10.2 Å². The molecule has 0 aliphatic heterocycles. The van der Waals surface area contributed by atoms with Gasteiger partial charge < -0.3 is 20.6 Å². The highest BCUT2D eigenvalue weighted by Crippen LogP contribution is 2.45. The van der Waals surface area contributed by atoms with Gasteiger partial charge in [0.2, 0.25) is 34.7 Å². The first kappa shape index (κ1) is 50.8. The van der Waals surface area contributed by atoms with Crippen LogP contribution in [0.2, 0.25) is 0 Å². The lowest BCUT2D eigenvalue weighted by Gasteiger charge is -2.29. The molecule has 8 nitrogen and oxygen atoms in total. The quantitative estimate of drug-likeness (QED) is 0.0533. The fourth-order valence-corrected chi connectivity index (χ4v) is 9.37. The van der Waals surface area contributed by atoms with Crippen LogP contribution in [-0.2, 0) is 14.4 Å². The summed E-state index contributed by atoms with van der Waals surface area (Å²) in [7, 11) is 0. The molecule has 0 radical (unpaired) electrons. The van der Waals surface area contributed by atoms with Gasteiger partial charge in [0.05, 0.1) is 22.5 Å². The van der Waals surface area contributed by atoms with Crippen LogP contribution in [-0.4, -0.2) is 28.4 Å². The van der Waals surface area contributed by atoms with E-state index < -0.39 is 0 Å². The van der Waals surface area contributed by atoms with Gasteiger partial charge in [-0.1, -0.05) is 137 Å². The Morgan fingerprint density at radius 2 is 1.04 bits per heavy atom. The maximum Gasteiger partial charge on any atom is 0.224 e. The minimum Gasteiger partial charge on any atom is -0.506 e. The number of allylic oxidation sites excluding steroid dienone is 5. The minimum absolute atomic E-state index is 0.111. The molecule has 2 aliphatic carbocycles. The summed E-state index contributed by atoms with van der Waals surface area (Å²) in [6.07, 6.45) is 14.2. The zero-order valence-electron chi connectivity index (χ0n) is 42.5. The van der Waals surface area contributed by atoms with Crippen LogP contribution in [0.4, 0.5) is 34.1 Å². The molecular formula is C62H71N4O4+. The number of unbranched alkanes of at least 4 members (excludes halogenated alkanes) is 2. The molecule has 5 aromatic carbocycles. The molecule has 0 heterocycles. The number of rotatable bonds is 20. The Labute approximate surface area is 416 Å². The summed E-state index contributed by atoms with van der Waals surface area (Å²) in [5.74, 6) is -0.439. The van der Waals surface area contributed by atoms with Crippen molar-refractivity contribution >= 4 is 63.0 Å². The summed E-state index contributed by atoms with van der Waals surface area (Å²) in [5.41, 5.74) is 11.7. The Morgan fingerprint density at radius 3 is 1.50 bits per heavy atom. The van der Waals surface area contributed by atoms with Gasteiger partial charge in [0, 0.05) is 77.5 Å². The first-order chi connectivity index (χ1) is 33.8. The van der Waals surface area contributed by atoms with E-state index in [9.17, 15) is 19.5 Å². The molecule has 0 fully saturated rings. The van der Waals surface area contributed by atoms with Gasteiger partial charge in [0.25, 0.3) is 0 Å². The lowest BCUT2D eigenvalue weighted by molar-refractivity contribution is -0.121. The number of aliphatic hydroxyl groups is 1. The van der Waals surface area contributed by atoms with E-state index in [2.05, 4.69) is 173 Å². The van der Waals surface area contributed by atoms with Gasteiger partial charge in [-0.05, 0) is 101 Å². The highest BCUT2D eigenvalue weighted by Gasteiger charge is 2.40. The molecule has 2 unspecified atom stereocenters. The lowest BCUT2D eigenvalue weighted by Crippen LogP contribution is -2.31. The highest BCUT2D eigenvalue weighted by atomic mass is 16.3. The highest BCUT2D eigenvalue weighted by molar-refractivity contribution is 6.40. The molecule has 2 aliphatic rings. The number of amides is 2. The molecule has 5 aromatic rings. The number of carbonyl (C=O) groups is 3. The number of aliphatic hydroxyl groups excluding tert-OH is 1. The van der Waals surface area contributed by atoms with Crippen LogP contribution in [0.25, 0.3) is 5.57 Å². The van der Waals surface area contributed by atoms with Gasteiger partial charge in [-0.2, -0.15) is 4.58 Å². The number of benzene rings is 5. The molecule has 0 aromatic heterocycles. The number of carbonyl (C=O) groups excluding carboxylic acids is 3. The summed E-state index contributed by atoms with van der Waals surface area (Å²) in [6.45, 7) is 16.8. The van der Waals surface area contributed by atoms with Crippen LogP contribution in [0, 0.1) is 39.5 Å². The van der Waals surface area contributed by atoms with Crippen LogP contribution >= 0.6 is 0 Å². The second-order valence-electron chi connectivity index (χ2n) is 19.2. The third kappa shape index (κ3) is 12.0. The topological polar surface area (TPSA) is 102 Å². The van der Waals surface area contributed by atoms with Gasteiger partial charge in [-0.3, -0.25) is 14.4 Å². The van der Waals surface area contributed by atoms with Crippen molar-refractivity contribution in [3.8, 4) is 0 Å². The van der Waals surface area contributed by atoms with E-state index in [4.69, 9.17) is 0 Å². The van der Waals surface area contributed by atoms with Crippen LogP contribution in [0.3, 0.4) is 0 Å². The number of nitrogens with zero attached hydrogens (tertiary/aromatic N) is 2. The molecule has 3 N–H and O–H groups in total. The van der Waals surface area contributed by atoms with Crippen molar-refractivity contribution in [2.45, 2.75) is 120 Å². The van der Waals surface area contributed by atoms with Crippen molar-refractivity contribution in [3.05, 3.63) is 184 Å². The first-order valence-corrected chi connectivity index (χ1v) is 25.4. The molecular weight excluding hydrogens is 865 g/mol. The standard InChI is InChI=1S/C62H70N4O4/c1-9-13-15-45(11-3)37-57(67)63-55-39-51(65(47-25-17-41(5)18-26-47)48-27-19-42(6)20-28-48)33-35-53(55)59-61(69)60(62(59)70)54-36-34-52(40-56(54)64-58(68)38-46(12-4)16-14-10-2)66(49-29-21-43(7)22-30-49)50-31-23-44(8)24-32-50/h17-36,39-40,45-46H,9-16,37-38H2,1-8H3,(H2,63,64,67,68,69,70)/p+1. The molecule has 2 amide bonds. The third-order valence-corrected chi connectivity index (χ3v) is 13.7. The van der Waals surface area contributed by atoms with Gasteiger partial charge in [0.15, 0.2) is 0 Å². The van der Waals surface area contributed by atoms with Crippen LogP contribution in [0.15, 0.2) is 156 Å². The number of Topliss-reactive ketones (excluding diaryl/α,β-unsaturated/α-hetero) is 1.